The Morgan fingerprint density at radius 1 is 1.32 bits per heavy atom. The van der Waals surface area contributed by atoms with Crippen molar-refractivity contribution in [1.82, 2.24) is 5.32 Å². The summed E-state index contributed by atoms with van der Waals surface area (Å²) in [7, 11) is -3.13. The molecule has 1 N–H and O–H groups in total. The smallest absolute Gasteiger partial charge is 0.175 e. The summed E-state index contributed by atoms with van der Waals surface area (Å²) in [4.78, 5) is 0.349. The Morgan fingerprint density at radius 2 is 1.95 bits per heavy atom. The summed E-state index contributed by atoms with van der Waals surface area (Å²) in [5, 5.41) is 3.43. The van der Waals surface area contributed by atoms with Crippen LogP contribution in [0.3, 0.4) is 0 Å². The lowest BCUT2D eigenvalue weighted by Crippen LogP contribution is -2.22. The molecule has 0 aliphatic carbocycles. The first-order chi connectivity index (χ1) is 8.99. The van der Waals surface area contributed by atoms with Crippen LogP contribution in [-0.4, -0.2) is 21.2 Å². The van der Waals surface area contributed by atoms with Gasteiger partial charge >= 0.3 is 0 Å². The van der Waals surface area contributed by atoms with E-state index < -0.39 is 9.84 Å². The Balaban J connectivity index is 2.87. The molecule has 0 heterocycles. The van der Waals surface area contributed by atoms with Gasteiger partial charge in [0.25, 0.3) is 0 Å². The molecule has 1 atom stereocenters. The van der Waals surface area contributed by atoms with Gasteiger partial charge in [0, 0.05) is 18.7 Å². The van der Waals surface area contributed by atoms with E-state index in [0.29, 0.717) is 11.3 Å². The zero-order valence-electron chi connectivity index (χ0n) is 11.5. The van der Waals surface area contributed by atoms with Gasteiger partial charge in [-0.1, -0.05) is 19.1 Å². The fourth-order valence-electron chi connectivity index (χ4n) is 1.88. The van der Waals surface area contributed by atoms with Gasteiger partial charge in [0.15, 0.2) is 9.84 Å². The summed E-state index contributed by atoms with van der Waals surface area (Å²) in [5.74, 6) is 2.64. The molecule has 104 valence electrons. The van der Waals surface area contributed by atoms with Crippen LogP contribution in [0.4, 0.5) is 0 Å². The summed E-state index contributed by atoms with van der Waals surface area (Å²) in [6, 6.07) is 7.22. The van der Waals surface area contributed by atoms with Crippen LogP contribution in [-0.2, 0) is 9.84 Å². The van der Waals surface area contributed by atoms with Gasteiger partial charge in [0.2, 0.25) is 0 Å². The van der Waals surface area contributed by atoms with Crippen molar-refractivity contribution in [1.29, 1.82) is 0 Å². The summed E-state index contributed by atoms with van der Waals surface area (Å²) >= 11 is 0. The Labute approximate surface area is 116 Å². The van der Waals surface area contributed by atoms with E-state index in [-0.39, 0.29) is 6.04 Å². The van der Waals surface area contributed by atoms with Crippen molar-refractivity contribution in [3.63, 3.8) is 0 Å². The van der Waals surface area contributed by atoms with Gasteiger partial charge in [0.05, 0.1) is 4.90 Å². The number of rotatable bonds is 7. The molecule has 0 saturated heterocycles. The van der Waals surface area contributed by atoms with Crippen LogP contribution in [0.25, 0.3) is 0 Å². The van der Waals surface area contributed by atoms with Crippen molar-refractivity contribution in [2.45, 2.75) is 37.1 Å². The van der Waals surface area contributed by atoms with Crippen molar-refractivity contribution >= 4 is 9.84 Å². The highest BCUT2D eigenvalue weighted by Crippen LogP contribution is 2.20. The second-order valence-corrected chi connectivity index (χ2v) is 6.61. The van der Waals surface area contributed by atoms with Crippen molar-refractivity contribution in [3.05, 3.63) is 29.8 Å². The number of hydrogen-bond acceptors (Lipinski definition) is 3. The molecule has 1 aromatic rings. The Morgan fingerprint density at radius 3 is 2.42 bits per heavy atom. The molecule has 0 aromatic heterocycles. The summed E-state index contributed by atoms with van der Waals surface area (Å²) < 4.78 is 22.8. The zero-order valence-corrected chi connectivity index (χ0v) is 12.3. The maximum Gasteiger partial charge on any atom is 0.175 e. The van der Waals surface area contributed by atoms with Gasteiger partial charge in [-0.05, 0) is 37.1 Å². The first-order valence-corrected chi connectivity index (χ1v) is 8.35. The molecule has 0 aliphatic heterocycles. The minimum Gasteiger partial charge on any atom is -0.310 e. The van der Waals surface area contributed by atoms with E-state index in [9.17, 15) is 8.42 Å². The molecular weight excluding hydrogens is 258 g/mol. The minimum absolute atomic E-state index is 0.185. The molecule has 0 saturated carbocycles. The maximum atomic E-state index is 11.4. The van der Waals surface area contributed by atoms with Crippen LogP contribution in [0.1, 0.15) is 37.8 Å². The quantitative estimate of drug-likeness (QED) is 0.780. The summed E-state index contributed by atoms with van der Waals surface area (Å²) in [5.41, 5.74) is 1.08. The zero-order chi connectivity index (χ0) is 14.3. The van der Waals surface area contributed by atoms with E-state index in [1.54, 1.807) is 12.1 Å². The molecule has 0 spiro atoms. The SMILES string of the molecule is C#CCCC(NCCC)c1ccc(S(C)(=O)=O)cc1. The average molecular weight is 279 g/mol. The molecule has 1 unspecified atom stereocenters. The molecule has 0 amide bonds. The lowest BCUT2D eigenvalue weighted by atomic mass is 10.0. The van der Waals surface area contributed by atoms with Gasteiger partial charge in [-0.25, -0.2) is 8.42 Å². The molecule has 1 aromatic carbocycles. The van der Waals surface area contributed by atoms with Crippen LogP contribution >= 0.6 is 0 Å². The number of sulfone groups is 1. The third-order valence-electron chi connectivity index (χ3n) is 2.93. The van der Waals surface area contributed by atoms with E-state index in [2.05, 4.69) is 18.2 Å². The van der Waals surface area contributed by atoms with Gasteiger partial charge in [-0.2, -0.15) is 0 Å². The third-order valence-corrected chi connectivity index (χ3v) is 4.06. The molecule has 0 aliphatic rings. The number of hydrogen-bond donors (Lipinski definition) is 1. The monoisotopic (exact) mass is 279 g/mol. The molecule has 0 bridgehead atoms. The number of terminal acetylenes is 1. The van der Waals surface area contributed by atoms with E-state index in [1.807, 2.05) is 12.1 Å². The molecule has 0 fully saturated rings. The molecule has 0 radical (unpaired) electrons. The highest BCUT2D eigenvalue weighted by Gasteiger charge is 2.12. The Bertz CT molecular complexity index is 526. The van der Waals surface area contributed by atoms with Gasteiger partial charge in [-0.15, -0.1) is 12.3 Å². The normalized spacial score (nSPS) is 12.9. The van der Waals surface area contributed by atoms with Crippen LogP contribution < -0.4 is 5.32 Å². The Kier molecular flexibility index (Phi) is 6.07. The third kappa shape index (κ3) is 5.06. The molecule has 3 nitrogen and oxygen atoms in total. The molecule has 1 rings (SSSR count). The van der Waals surface area contributed by atoms with E-state index in [1.165, 1.54) is 6.26 Å². The summed E-state index contributed by atoms with van der Waals surface area (Å²) in [6.45, 7) is 3.03. The van der Waals surface area contributed by atoms with Gasteiger partial charge in [-0.3, -0.25) is 0 Å². The minimum atomic E-state index is -3.13. The maximum absolute atomic E-state index is 11.4. The van der Waals surface area contributed by atoms with Crippen LogP contribution in [0, 0.1) is 12.3 Å². The second kappa shape index (κ2) is 7.32. The van der Waals surface area contributed by atoms with E-state index in [0.717, 1.165) is 24.9 Å². The standard InChI is InChI=1S/C15H21NO2S/c1-4-6-7-15(16-12-5-2)13-8-10-14(11-9-13)19(3,17)18/h1,8-11,15-16H,5-7,12H2,2-3H3. The largest absolute Gasteiger partial charge is 0.310 e. The van der Waals surface area contributed by atoms with Crippen molar-refractivity contribution < 1.29 is 8.42 Å². The van der Waals surface area contributed by atoms with Crippen LogP contribution in [0.5, 0.6) is 0 Å². The lowest BCUT2D eigenvalue weighted by Gasteiger charge is -2.18. The average Bonchev–Trinajstić information content (AvgIpc) is 2.38. The highest BCUT2D eigenvalue weighted by molar-refractivity contribution is 7.90. The molecular formula is C15H21NO2S. The number of benzene rings is 1. The summed E-state index contributed by atoms with van der Waals surface area (Å²) in [6.07, 6.45) is 9.13. The van der Waals surface area contributed by atoms with Crippen molar-refractivity contribution in [2.75, 3.05) is 12.8 Å². The molecule has 19 heavy (non-hydrogen) atoms. The van der Waals surface area contributed by atoms with Crippen LogP contribution in [0.15, 0.2) is 29.2 Å². The lowest BCUT2D eigenvalue weighted by molar-refractivity contribution is 0.505. The van der Waals surface area contributed by atoms with Gasteiger partial charge < -0.3 is 5.32 Å². The fourth-order valence-corrected chi connectivity index (χ4v) is 2.51. The first kappa shape index (κ1) is 15.7. The predicted octanol–water partition coefficient (Wildman–Crippen LogP) is 2.54. The second-order valence-electron chi connectivity index (χ2n) is 4.59. The Hall–Kier alpha value is -1.31. The van der Waals surface area contributed by atoms with Crippen LogP contribution in [0.2, 0.25) is 0 Å². The van der Waals surface area contributed by atoms with E-state index >= 15 is 0 Å². The van der Waals surface area contributed by atoms with Gasteiger partial charge in [0.1, 0.15) is 0 Å². The predicted molar refractivity (Wildman–Crippen MR) is 78.7 cm³/mol. The topological polar surface area (TPSA) is 46.2 Å². The highest BCUT2D eigenvalue weighted by atomic mass is 32.2. The van der Waals surface area contributed by atoms with Crippen molar-refractivity contribution in [2.24, 2.45) is 0 Å². The molecule has 4 heteroatoms. The van der Waals surface area contributed by atoms with E-state index in [4.69, 9.17) is 6.42 Å². The fraction of sp³-hybridized carbons (Fsp3) is 0.467. The van der Waals surface area contributed by atoms with Crippen molar-refractivity contribution in [3.8, 4) is 12.3 Å². The first-order valence-electron chi connectivity index (χ1n) is 6.46. The number of nitrogens with one attached hydrogen (secondary N) is 1.